The molecule has 1 atom stereocenters. The van der Waals surface area contributed by atoms with Gasteiger partial charge in [0.05, 0.1) is 6.61 Å². The van der Waals surface area contributed by atoms with Crippen molar-refractivity contribution in [3.05, 3.63) is 0 Å². The average Bonchev–Trinajstić information content (AvgIpc) is 2.79. The van der Waals surface area contributed by atoms with E-state index in [0.717, 1.165) is 18.2 Å². The van der Waals surface area contributed by atoms with E-state index in [1.165, 1.54) is 25.9 Å². The molecule has 0 amide bonds. The number of likely N-dealkylation sites (tertiary alicyclic amines) is 1. The van der Waals surface area contributed by atoms with Crippen LogP contribution in [0.1, 0.15) is 19.8 Å². The summed E-state index contributed by atoms with van der Waals surface area (Å²) in [4.78, 5) is 2.50. The molecule has 94 valence electrons. The van der Waals surface area contributed by atoms with Gasteiger partial charge in [-0.2, -0.15) is 0 Å². The second kappa shape index (κ2) is 7.81. The summed E-state index contributed by atoms with van der Waals surface area (Å²) in [7, 11) is 1.69. The number of nitrogens with one attached hydrogen (secondary N) is 2. The van der Waals surface area contributed by atoms with Gasteiger partial charge in [-0.05, 0) is 45.1 Å². The first-order valence-corrected chi connectivity index (χ1v) is 6.39. The molecule has 16 heavy (non-hydrogen) atoms. The molecule has 2 N–H and O–H groups in total. The molecule has 0 aromatic rings. The van der Waals surface area contributed by atoms with Gasteiger partial charge in [-0.25, -0.2) is 0 Å². The molecule has 0 aromatic carbocycles. The molecule has 0 aromatic heterocycles. The van der Waals surface area contributed by atoms with Gasteiger partial charge in [-0.1, -0.05) is 0 Å². The highest BCUT2D eigenvalue weighted by atomic mass is 32.1. The van der Waals surface area contributed by atoms with Gasteiger partial charge < -0.3 is 15.4 Å². The van der Waals surface area contributed by atoms with Crippen molar-refractivity contribution in [1.82, 2.24) is 15.5 Å². The fourth-order valence-corrected chi connectivity index (χ4v) is 2.07. The third-order valence-corrected chi connectivity index (χ3v) is 3.20. The molecule has 4 nitrogen and oxygen atoms in total. The van der Waals surface area contributed by atoms with Crippen molar-refractivity contribution < 1.29 is 4.74 Å². The summed E-state index contributed by atoms with van der Waals surface area (Å²) >= 11 is 5.16. The lowest BCUT2D eigenvalue weighted by atomic mass is 10.3. The summed E-state index contributed by atoms with van der Waals surface area (Å²) in [5.74, 6) is 0. The van der Waals surface area contributed by atoms with Crippen LogP contribution in [0.15, 0.2) is 0 Å². The first-order valence-electron chi connectivity index (χ1n) is 5.98. The molecule has 1 heterocycles. The second-order valence-electron chi connectivity index (χ2n) is 4.22. The number of ether oxygens (including phenoxy) is 1. The van der Waals surface area contributed by atoms with Crippen LogP contribution in [-0.2, 0) is 4.74 Å². The molecule has 1 unspecified atom stereocenters. The van der Waals surface area contributed by atoms with Gasteiger partial charge in [0.1, 0.15) is 0 Å². The van der Waals surface area contributed by atoms with E-state index in [4.69, 9.17) is 17.0 Å². The standard InChI is InChI=1S/C11H23N3OS/c1-10(14-6-3-4-7-14)9-13-11(16)12-5-8-15-2/h10H,3-9H2,1-2H3,(H2,12,13,16). The molecule has 0 aliphatic carbocycles. The number of hydrogen-bond acceptors (Lipinski definition) is 3. The van der Waals surface area contributed by atoms with E-state index < -0.39 is 0 Å². The Morgan fingerprint density at radius 2 is 2.06 bits per heavy atom. The Labute approximate surface area is 104 Å². The molecular weight excluding hydrogens is 222 g/mol. The normalized spacial score (nSPS) is 18.4. The molecule has 0 radical (unpaired) electrons. The maximum atomic E-state index is 5.16. The first kappa shape index (κ1) is 13.7. The van der Waals surface area contributed by atoms with E-state index in [1.807, 2.05) is 0 Å². The fourth-order valence-electron chi connectivity index (χ4n) is 1.88. The molecular formula is C11H23N3OS. The van der Waals surface area contributed by atoms with Gasteiger partial charge >= 0.3 is 0 Å². The highest BCUT2D eigenvalue weighted by Crippen LogP contribution is 2.10. The van der Waals surface area contributed by atoms with Gasteiger partial charge in [0.25, 0.3) is 0 Å². The minimum absolute atomic E-state index is 0.560. The SMILES string of the molecule is COCCNC(=S)NCC(C)N1CCCC1. The van der Waals surface area contributed by atoms with Crippen molar-refractivity contribution in [3.63, 3.8) is 0 Å². The molecule has 1 aliphatic heterocycles. The molecule has 0 bridgehead atoms. The van der Waals surface area contributed by atoms with Crippen LogP contribution >= 0.6 is 12.2 Å². The Morgan fingerprint density at radius 3 is 2.69 bits per heavy atom. The quantitative estimate of drug-likeness (QED) is 0.529. The van der Waals surface area contributed by atoms with Crippen molar-refractivity contribution in [2.75, 3.05) is 39.9 Å². The largest absolute Gasteiger partial charge is 0.383 e. The Bertz CT molecular complexity index is 207. The zero-order chi connectivity index (χ0) is 11.8. The Kier molecular flexibility index (Phi) is 6.68. The van der Waals surface area contributed by atoms with Gasteiger partial charge in [0, 0.05) is 26.2 Å². The minimum Gasteiger partial charge on any atom is -0.383 e. The third kappa shape index (κ3) is 5.09. The van der Waals surface area contributed by atoms with E-state index in [1.54, 1.807) is 7.11 Å². The van der Waals surface area contributed by atoms with Crippen LogP contribution in [0, 0.1) is 0 Å². The number of rotatable bonds is 6. The monoisotopic (exact) mass is 245 g/mol. The van der Waals surface area contributed by atoms with Gasteiger partial charge in [0.15, 0.2) is 5.11 Å². The zero-order valence-corrected chi connectivity index (χ0v) is 11.1. The maximum absolute atomic E-state index is 5.16. The van der Waals surface area contributed by atoms with Crippen LogP contribution in [0.3, 0.4) is 0 Å². The lowest BCUT2D eigenvalue weighted by Gasteiger charge is -2.24. The molecule has 1 aliphatic rings. The van der Waals surface area contributed by atoms with Crippen molar-refractivity contribution in [2.45, 2.75) is 25.8 Å². The van der Waals surface area contributed by atoms with Crippen LogP contribution in [0.25, 0.3) is 0 Å². The zero-order valence-electron chi connectivity index (χ0n) is 10.3. The fraction of sp³-hybridized carbons (Fsp3) is 0.909. The van der Waals surface area contributed by atoms with Gasteiger partial charge in [0.2, 0.25) is 0 Å². The summed E-state index contributed by atoms with van der Waals surface area (Å²) in [6, 6.07) is 0.560. The van der Waals surface area contributed by atoms with Crippen molar-refractivity contribution >= 4 is 17.3 Å². The third-order valence-electron chi connectivity index (χ3n) is 2.91. The predicted octanol–water partition coefficient (Wildman–Crippen LogP) is 0.581. The van der Waals surface area contributed by atoms with E-state index in [0.29, 0.717) is 12.6 Å². The lowest BCUT2D eigenvalue weighted by Crippen LogP contribution is -2.44. The molecule has 1 rings (SSSR count). The first-order chi connectivity index (χ1) is 7.74. The topological polar surface area (TPSA) is 36.5 Å². The van der Waals surface area contributed by atoms with Crippen LogP contribution < -0.4 is 10.6 Å². The van der Waals surface area contributed by atoms with E-state index in [-0.39, 0.29) is 0 Å². The van der Waals surface area contributed by atoms with Crippen molar-refractivity contribution in [1.29, 1.82) is 0 Å². The lowest BCUT2D eigenvalue weighted by molar-refractivity contribution is 0.203. The van der Waals surface area contributed by atoms with Crippen LogP contribution in [0.2, 0.25) is 0 Å². The van der Waals surface area contributed by atoms with Crippen molar-refractivity contribution in [3.8, 4) is 0 Å². The van der Waals surface area contributed by atoms with Crippen LogP contribution in [0.4, 0.5) is 0 Å². The van der Waals surface area contributed by atoms with Gasteiger partial charge in [-0.3, -0.25) is 4.90 Å². The molecule has 0 spiro atoms. The smallest absolute Gasteiger partial charge is 0.166 e. The van der Waals surface area contributed by atoms with E-state index in [2.05, 4.69) is 22.5 Å². The predicted molar refractivity (Wildman–Crippen MR) is 70.7 cm³/mol. The summed E-state index contributed by atoms with van der Waals surface area (Å²) < 4.78 is 4.94. The Morgan fingerprint density at radius 1 is 1.38 bits per heavy atom. The number of hydrogen-bond donors (Lipinski definition) is 2. The Balaban J connectivity index is 2.06. The molecule has 5 heteroatoms. The van der Waals surface area contributed by atoms with Crippen LogP contribution in [-0.4, -0.2) is 55.9 Å². The molecule has 0 saturated carbocycles. The van der Waals surface area contributed by atoms with Crippen LogP contribution in [0.5, 0.6) is 0 Å². The van der Waals surface area contributed by atoms with Gasteiger partial charge in [-0.15, -0.1) is 0 Å². The highest BCUT2D eigenvalue weighted by Gasteiger charge is 2.17. The molecule has 1 fully saturated rings. The Hall–Kier alpha value is -0.390. The average molecular weight is 245 g/mol. The van der Waals surface area contributed by atoms with E-state index >= 15 is 0 Å². The van der Waals surface area contributed by atoms with Crippen molar-refractivity contribution in [2.24, 2.45) is 0 Å². The second-order valence-corrected chi connectivity index (χ2v) is 4.63. The number of thiocarbonyl (C=S) groups is 1. The highest BCUT2D eigenvalue weighted by molar-refractivity contribution is 7.80. The summed E-state index contributed by atoms with van der Waals surface area (Å²) in [6.07, 6.45) is 2.67. The molecule has 1 saturated heterocycles. The minimum atomic E-state index is 0.560. The number of nitrogens with zero attached hydrogens (tertiary/aromatic N) is 1. The summed E-state index contributed by atoms with van der Waals surface area (Å²) in [5.41, 5.74) is 0. The number of methoxy groups -OCH3 is 1. The van der Waals surface area contributed by atoms with E-state index in [9.17, 15) is 0 Å². The summed E-state index contributed by atoms with van der Waals surface area (Å²) in [5, 5.41) is 7.07. The maximum Gasteiger partial charge on any atom is 0.166 e. The summed E-state index contributed by atoms with van der Waals surface area (Å²) in [6.45, 7) is 7.07.